The van der Waals surface area contributed by atoms with Crippen molar-refractivity contribution in [1.29, 1.82) is 0 Å². The van der Waals surface area contributed by atoms with Gasteiger partial charge in [0.2, 0.25) is 0 Å². The summed E-state index contributed by atoms with van der Waals surface area (Å²) >= 11 is 0. The lowest BCUT2D eigenvalue weighted by Crippen LogP contribution is -2.50. The van der Waals surface area contributed by atoms with Crippen LogP contribution in [0.25, 0.3) is 0 Å². The van der Waals surface area contributed by atoms with E-state index in [-0.39, 0.29) is 0 Å². The maximum absolute atomic E-state index is 3.85. The minimum atomic E-state index is 0.474. The van der Waals surface area contributed by atoms with E-state index in [1.807, 2.05) is 0 Å². The Kier molecular flexibility index (Phi) is 2.89. The highest BCUT2D eigenvalue weighted by molar-refractivity contribution is 4.91. The zero-order chi connectivity index (χ0) is 9.15. The van der Waals surface area contributed by atoms with Crippen molar-refractivity contribution in [3.63, 3.8) is 0 Å². The maximum Gasteiger partial charge on any atom is 0.0155 e. The molecule has 13 heavy (non-hydrogen) atoms. The van der Waals surface area contributed by atoms with E-state index in [1.54, 1.807) is 0 Å². The summed E-state index contributed by atoms with van der Waals surface area (Å²) in [6, 6.07) is 0.782. The highest BCUT2D eigenvalue weighted by Gasteiger charge is 2.30. The minimum Gasteiger partial charge on any atom is -0.317 e. The van der Waals surface area contributed by atoms with Crippen LogP contribution in [0.3, 0.4) is 0 Å². The van der Waals surface area contributed by atoms with Gasteiger partial charge in [0.15, 0.2) is 0 Å². The Hall–Kier alpha value is -0.0800. The Morgan fingerprint density at radius 3 is 2.38 bits per heavy atom. The lowest BCUT2D eigenvalue weighted by molar-refractivity contribution is 0.274. The largest absolute Gasteiger partial charge is 0.317 e. The Bertz CT molecular complexity index is 155. The van der Waals surface area contributed by atoms with Crippen LogP contribution in [0.1, 0.15) is 45.4 Å². The van der Waals surface area contributed by atoms with Crippen LogP contribution in [-0.4, -0.2) is 24.7 Å². The molecule has 0 aromatic carbocycles. The van der Waals surface area contributed by atoms with Gasteiger partial charge in [-0.15, -0.1) is 0 Å². The van der Waals surface area contributed by atoms with Crippen LogP contribution in [0, 0.1) is 0 Å². The summed E-state index contributed by atoms with van der Waals surface area (Å²) in [4.78, 5) is 0. The standard InChI is InChI=1S/C11H22N2/c1-11(6-2-3-7-11)13-10-4-8-12-9-5-10/h10,12-13H,2-9H2,1H3. The third-order valence-electron chi connectivity index (χ3n) is 3.60. The van der Waals surface area contributed by atoms with Crippen molar-refractivity contribution >= 4 is 0 Å². The van der Waals surface area contributed by atoms with Gasteiger partial charge in [-0.1, -0.05) is 12.8 Å². The van der Waals surface area contributed by atoms with Crippen molar-refractivity contribution in [3.05, 3.63) is 0 Å². The molecule has 2 rings (SSSR count). The van der Waals surface area contributed by atoms with Gasteiger partial charge in [0.1, 0.15) is 0 Å². The molecule has 0 unspecified atom stereocenters. The molecule has 2 aliphatic rings. The van der Waals surface area contributed by atoms with E-state index >= 15 is 0 Å². The molecule has 2 nitrogen and oxygen atoms in total. The van der Waals surface area contributed by atoms with Crippen LogP contribution in [-0.2, 0) is 0 Å². The van der Waals surface area contributed by atoms with Crippen molar-refractivity contribution in [2.45, 2.75) is 57.0 Å². The van der Waals surface area contributed by atoms with Gasteiger partial charge >= 0.3 is 0 Å². The molecule has 0 atom stereocenters. The zero-order valence-electron chi connectivity index (χ0n) is 8.73. The second-order valence-corrected chi connectivity index (χ2v) is 4.94. The summed E-state index contributed by atoms with van der Waals surface area (Å²) in [5.41, 5.74) is 0.474. The van der Waals surface area contributed by atoms with Gasteiger partial charge in [0.05, 0.1) is 0 Å². The molecule has 1 saturated carbocycles. The highest BCUT2D eigenvalue weighted by atomic mass is 15.0. The number of piperidine rings is 1. The topological polar surface area (TPSA) is 24.1 Å². The van der Waals surface area contributed by atoms with Crippen molar-refractivity contribution in [3.8, 4) is 0 Å². The molecular weight excluding hydrogens is 160 g/mol. The van der Waals surface area contributed by atoms with Crippen molar-refractivity contribution in [2.75, 3.05) is 13.1 Å². The number of hydrogen-bond acceptors (Lipinski definition) is 2. The first kappa shape index (κ1) is 9.47. The van der Waals surface area contributed by atoms with Gasteiger partial charge in [0.25, 0.3) is 0 Å². The molecule has 1 aliphatic heterocycles. The average Bonchev–Trinajstić information content (AvgIpc) is 2.54. The summed E-state index contributed by atoms with van der Waals surface area (Å²) in [5, 5.41) is 7.27. The predicted octanol–water partition coefficient (Wildman–Crippen LogP) is 1.66. The van der Waals surface area contributed by atoms with E-state index in [0.717, 1.165) is 6.04 Å². The zero-order valence-corrected chi connectivity index (χ0v) is 8.73. The van der Waals surface area contributed by atoms with Crippen LogP contribution in [0.2, 0.25) is 0 Å². The molecule has 1 aliphatic carbocycles. The minimum absolute atomic E-state index is 0.474. The average molecular weight is 182 g/mol. The molecule has 0 aromatic rings. The molecule has 76 valence electrons. The van der Waals surface area contributed by atoms with Gasteiger partial charge in [-0.25, -0.2) is 0 Å². The summed E-state index contributed by atoms with van der Waals surface area (Å²) in [5.74, 6) is 0. The van der Waals surface area contributed by atoms with E-state index in [1.165, 1.54) is 51.6 Å². The van der Waals surface area contributed by atoms with E-state index in [4.69, 9.17) is 0 Å². The van der Waals surface area contributed by atoms with Gasteiger partial charge in [-0.05, 0) is 45.7 Å². The van der Waals surface area contributed by atoms with E-state index in [0.29, 0.717) is 5.54 Å². The van der Waals surface area contributed by atoms with Gasteiger partial charge in [-0.3, -0.25) is 0 Å². The molecule has 0 radical (unpaired) electrons. The van der Waals surface area contributed by atoms with Crippen molar-refractivity contribution in [1.82, 2.24) is 10.6 Å². The Morgan fingerprint density at radius 1 is 1.15 bits per heavy atom. The van der Waals surface area contributed by atoms with Crippen LogP contribution in [0.4, 0.5) is 0 Å². The van der Waals surface area contributed by atoms with Crippen LogP contribution in [0.15, 0.2) is 0 Å². The van der Waals surface area contributed by atoms with Gasteiger partial charge < -0.3 is 10.6 Å². The molecule has 0 aromatic heterocycles. The van der Waals surface area contributed by atoms with Crippen LogP contribution >= 0.6 is 0 Å². The van der Waals surface area contributed by atoms with Gasteiger partial charge in [-0.2, -0.15) is 0 Å². The molecule has 2 heteroatoms. The first-order chi connectivity index (χ1) is 6.29. The van der Waals surface area contributed by atoms with Gasteiger partial charge in [0, 0.05) is 11.6 Å². The fourth-order valence-corrected chi connectivity index (χ4v) is 2.76. The maximum atomic E-state index is 3.85. The molecule has 1 heterocycles. The lowest BCUT2D eigenvalue weighted by atomic mass is 9.96. The smallest absolute Gasteiger partial charge is 0.0155 e. The third-order valence-corrected chi connectivity index (χ3v) is 3.60. The molecule has 0 bridgehead atoms. The Balaban J connectivity index is 1.81. The van der Waals surface area contributed by atoms with E-state index < -0.39 is 0 Å². The Labute approximate surface area is 81.5 Å². The monoisotopic (exact) mass is 182 g/mol. The van der Waals surface area contributed by atoms with E-state index in [2.05, 4.69) is 17.6 Å². The summed E-state index contributed by atoms with van der Waals surface area (Å²) in [7, 11) is 0. The second-order valence-electron chi connectivity index (χ2n) is 4.94. The highest BCUT2D eigenvalue weighted by Crippen LogP contribution is 2.30. The van der Waals surface area contributed by atoms with Crippen molar-refractivity contribution in [2.24, 2.45) is 0 Å². The number of hydrogen-bond donors (Lipinski definition) is 2. The SMILES string of the molecule is CC1(NC2CCNCC2)CCCC1. The molecule has 0 amide bonds. The molecule has 2 fully saturated rings. The second kappa shape index (κ2) is 3.97. The number of rotatable bonds is 2. The Morgan fingerprint density at radius 2 is 1.77 bits per heavy atom. The number of nitrogens with one attached hydrogen (secondary N) is 2. The first-order valence-corrected chi connectivity index (χ1v) is 5.77. The van der Waals surface area contributed by atoms with Crippen molar-refractivity contribution < 1.29 is 0 Å². The molecule has 0 spiro atoms. The van der Waals surface area contributed by atoms with E-state index in [9.17, 15) is 0 Å². The quantitative estimate of drug-likeness (QED) is 0.678. The molecular formula is C11H22N2. The van der Waals surface area contributed by atoms with Crippen LogP contribution < -0.4 is 10.6 Å². The lowest BCUT2D eigenvalue weighted by Gasteiger charge is -2.34. The fourth-order valence-electron chi connectivity index (χ4n) is 2.76. The predicted molar refractivity (Wildman–Crippen MR) is 55.9 cm³/mol. The fraction of sp³-hybridized carbons (Fsp3) is 1.00. The first-order valence-electron chi connectivity index (χ1n) is 5.77. The molecule has 2 N–H and O–H groups in total. The summed E-state index contributed by atoms with van der Waals surface area (Å²) in [6.07, 6.45) is 8.25. The summed E-state index contributed by atoms with van der Waals surface area (Å²) < 4.78 is 0. The summed E-state index contributed by atoms with van der Waals surface area (Å²) in [6.45, 7) is 4.81. The third kappa shape index (κ3) is 2.44. The van der Waals surface area contributed by atoms with Crippen LogP contribution in [0.5, 0.6) is 0 Å². The normalized spacial score (nSPS) is 29.3. The molecule has 1 saturated heterocycles.